The SMILES string of the molecule is OC(COC1CCc2ccccc21)CN1CC[C@@H](Oc2ccc(F)cc2)C1. The first-order valence-electron chi connectivity index (χ1n) is 9.69. The number of hydrogen-bond donors (Lipinski definition) is 1. The molecular formula is C22H26FNO3. The first kappa shape index (κ1) is 18.4. The zero-order valence-corrected chi connectivity index (χ0v) is 15.4. The molecule has 2 aromatic carbocycles. The zero-order chi connectivity index (χ0) is 18.6. The first-order chi connectivity index (χ1) is 13.2. The van der Waals surface area contributed by atoms with Crippen molar-refractivity contribution in [1.82, 2.24) is 4.90 Å². The highest BCUT2D eigenvalue weighted by molar-refractivity contribution is 5.33. The summed E-state index contributed by atoms with van der Waals surface area (Å²) in [5.74, 6) is 0.426. The number of halogens is 1. The van der Waals surface area contributed by atoms with Crippen LogP contribution in [0.3, 0.4) is 0 Å². The van der Waals surface area contributed by atoms with Gasteiger partial charge in [0.05, 0.1) is 18.8 Å². The van der Waals surface area contributed by atoms with E-state index in [0.717, 1.165) is 32.4 Å². The van der Waals surface area contributed by atoms with E-state index >= 15 is 0 Å². The summed E-state index contributed by atoms with van der Waals surface area (Å²) in [5, 5.41) is 10.4. The Hall–Kier alpha value is -1.95. The van der Waals surface area contributed by atoms with E-state index in [1.807, 2.05) is 6.07 Å². The quantitative estimate of drug-likeness (QED) is 0.811. The van der Waals surface area contributed by atoms with Gasteiger partial charge in [0.15, 0.2) is 0 Å². The minimum Gasteiger partial charge on any atom is -0.489 e. The number of aliphatic hydroxyl groups is 1. The second-order valence-corrected chi connectivity index (χ2v) is 7.46. The van der Waals surface area contributed by atoms with Gasteiger partial charge in [-0.2, -0.15) is 0 Å². The third-order valence-electron chi connectivity index (χ3n) is 5.38. The third-order valence-corrected chi connectivity index (χ3v) is 5.38. The molecular weight excluding hydrogens is 345 g/mol. The number of fused-ring (bicyclic) bond motifs is 1. The minimum atomic E-state index is -0.512. The van der Waals surface area contributed by atoms with E-state index in [2.05, 4.69) is 23.1 Å². The van der Waals surface area contributed by atoms with Crippen molar-refractivity contribution in [3.05, 3.63) is 65.5 Å². The molecule has 1 aliphatic heterocycles. The van der Waals surface area contributed by atoms with Crippen LogP contribution in [0.25, 0.3) is 0 Å². The molecule has 4 nitrogen and oxygen atoms in total. The molecule has 0 radical (unpaired) electrons. The minimum absolute atomic E-state index is 0.0743. The summed E-state index contributed by atoms with van der Waals surface area (Å²) in [4.78, 5) is 2.20. The summed E-state index contributed by atoms with van der Waals surface area (Å²) in [6.45, 7) is 2.58. The van der Waals surface area contributed by atoms with Gasteiger partial charge in [-0.15, -0.1) is 0 Å². The van der Waals surface area contributed by atoms with Gasteiger partial charge in [0, 0.05) is 19.6 Å². The number of β-amino-alcohol motifs (C(OH)–C–C–N with tert-alkyl or cyclic N) is 1. The van der Waals surface area contributed by atoms with Crippen LogP contribution in [-0.4, -0.2) is 48.5 Å². The molecule has 5 heteroatoms. The van der Waals surface area contributed by atoms with Crippen molar-refractivity contribution in [3.63, 3.8) is 0 Å². The largest absolute Gasteiger partial charge is 0.489 e. The Kier molecular flexibility index (Phi) is 5.72. The Bertz CT molecular complexity index is 751. The average Bonchev–Trinajstić information content (AvgIpc) is 3.29. The van der Waals surface area contributed by atoms with E-state index in [4.69, 9.17) is 9.47 Å². The number of ether oxygens (including phenoxy) is 2. The molecule has 2 aliphatic rings. The number of nitrogens with zero attached hydrogens (tertiary/aromatic N) is 1. The van der Waals surface area contributed by atoms with Gasteiger partial charge in [-0.25, -0.2) is 4.39 Å². The predicted octanol–water partition coefficient (Wildman–Crippen LogP) is 3.34. The Morgan fingerprint density at radius 1 is 1.11 bits per heavy atom. The Morgan fingerprint density at radius 3 is 2.78 bits per heavy atom. The van der Waals surface area contributed by atoms with Crippen LogP contribution >= 0.6 is 0 Å². The van der Waals surface area contributed by atoms with Gasteiger partial charge in [-0.3, -0.25) is 4.90 Å². The van der Waals surface area contributed by atoms with E-state index in [-0.39, 0.29) is 18.0 Å². The lowest BCUT2D eigenvalue weighted by Crippen LogP contribution is -2.35. The second-order valence-electron chi connectivity index (χ2n) is 7.46. The molecule has 0 bridgehead atoms. The molecule has 1 aliphatic carbocycles. The van der Waals surface area contributed by atoms with Crippen LogP contribution in [0, 0.1) is 5.82 Å². The summed E-state index contributed by atoms with van der Waals surface area (Å²) in [7, 11) is 0. The molecule has 0 saturated carbocycles. The van der Waals surface area contributed by atoms with E-state index in [0.29, 0.717) is 18.9 Å². The Labute approximate surface area is 159 Å². The summed E-state index contributed by atoms with van der Waals surface area (Å²) in [6, 6.07) is 14.5. The van der Waals surface area contributed by atoms with Crippen molar-refractivity contribution in [2.75, 3.05) is 26.2 Å². The maximum atomic E-state index is 13.0. The number of likely N-dealkylation sites (tertiary alicyclic amines) is 1. The van der Waals surface area contributed by atoms with E-state index < -0.39 is 6.10 Å². The van der Waals surface area contributed by atoms with Gasteiger partial charge in [-0.05, 0) is 54.7 Å². The summed E-state index contributed by atoms with van der Waals surface area (Å²) < 4.78 is 24.9. The number of hydrogen-bond acceptors (Lipinski definition) is 4. The Balaban J connectivity index is 1.20. The van der Waals surface area contributed by atoms with E-state index in [9.17, 15) is 9.50 Å². The fraction of sp³-hybridized carbons (Fsp3) is 0.455. The van der Waals surface area contributed by atoms with Gasteiger partial charge in [0.1, 0.15) is 17.7 Å². The van der Waals surface area contributed by atoms with Crippen LogP contribution in [-0.2, 0) is 11.2 Å². The molecule has 2 unspecified atom stereocenters. The predicted molar refractivity (Wildman–Crippen MR) is 101 cm³/mol. The van der Waals surface area contributed by atoms with Crippen molar-refractivity contribution in [2.45, 2.75) is 37.6 Å². The van der Waals surface area contributed by atoms with Crippen LogP contribution in [0.4, 0.5) is 4.39 Å². The molecule has 27 heavy (non-hydrogen) atoms. The Morgan fingerprint density at radius 2 is 1.93 bits per heavy atom. The molecule has 4 rings (SSSR count). The number of rotatable bonds is 7. The third kappa shape index (κ3) is 4.67. The first-order valence-corrected chi connectivity index (χ1v) is 9.69. The fourth-order valence-corrected chi connectivity index (χ4v) is 4.03. The molecule has 3 atom stereocenters. The highest BCUT2D eigenvalue weighted by Gasteiger charge is 2.27. The molecule has 2 aromatic rings. The fourth-order valence-electron chi connectivity index (χ4n) is 4.03. The van der Waals surface area contributed by atoms with Crippen LogP contribution < -0.4 is 4.74 Å². The number of aliphatic hydroxyl groups excluding tert-OH is 1. The molecule has 0 amide bonds. The maximum absolute atomic E-state index is 13.0. The molecule has 1 heterocycles. The number of benzene rings is 2. The average molecular weight is 371 g/mol. The molecule has 0 aromatic heterocycles. The summed E-state index contributed by atoms with van der Waals surface area (Å²) in [5.41, 5.74) is 2.62. The van der Waals surface area contributed by atoms with Crippen molar-refractivity contribution in [1.29, 1.82) is 0 Å². The van der Waals surface area contributed by atoms with Gasteiger partial charge in [0.2, 0.25) is 0 Å². The summed E-state index contributed by atoms with van der Waals surface area (Å²) >= 11 is 0. The highest BCUT2D eigenvalue weighted by Crippen LogP contribution is 2.33. The standard InChI is InChI=1S/C22H26FNO3/c23-17-6-8-19(9-7-17)27-20-11-12-24(14-20)13-18(25)15-26-22-10-5-16-3-1-2-4-21(16)22/h1-4,6-9,18,20,22,25H,5,10-15H2/t18?,20-,22?/m1/s1. The molecule has 1 N–H and O–H groups in total. The van der Waals surface area contributed by atoms with E-state index in [1.165, 1.54) is 23.3 Å². The number of aryl methyl sites for hydroxylation is 1. The van der Waals surface area contributed by atoms with Crippen LogP contribution in [0.2, 0.25) is 0 Å². The smallest absolute Gasteiger partial charge is 0.123 e. The second kappa shape index (κ2) is 8.38. The highest BCUT2D eigenvalue weighted by atomic mass is 19.1. The lowest BCUT2D eigenvalue weighted by Gasteiger charge is -2.22. The molecule has 1 saturated heterocycles. The zero-order valence-electron chi connectivity index (χ0n) is 15.4. The lowest BCUT2D eigenvalue weighted by molar-refractivity contribution is -0.0200. The molecule has 0 spiro atoms. The van der Waals surface area contributed by atoms with E-state index in [1.54, 1.807) is 12.1 Å². The van der Waals surface area contributed by atoms with Gasteiger partial charge >= 0.3 is 0 Å². The maximum Gasteiger partial charge on any atom is 0.123 e. The van der Waals surface area contributed by atoms with Gasteiger partial charge < -0.3 is 14.6 Å². The van der Waals surface area contributed by atoms with Gasteiger partial charge in [0.25, 0.3) is 0 Å². The normalized spacial score (nSPS) is 23.3. The summed E-state index contributed by atoms with van der Waals surface area (Å²) in [6.07, 6.45) is 2.60. The molecule has 144 valence electrons. The van der Waals surface area contributed by atoms with Crippen LogP contribution in [0.15, 0.2) is 48.5 Å². The van der Waals surface area contributed by atoms with Crippen LogP contribution in [0.5, 0.6) is 5.75 Å². The lowest BCUT2D eigenvalue weighted by atomic mass is 10.1. The van der Waals surface area contributed by atoms with Crippen molar-refractivity contribution >= 4 is 0 Å². The van der Waals surface area contributed by atoms with Crippen molar-refractivity contribution < 1.29 is 19.0 Å². The van der Waals surface area contributed by atoms with Gasteiger partial charge in [-0.1, -0.05) is 24.3 Å². The molecule has 1 fully saturated rings. The van der Waals surface area contributed by atoms with Crippen molar-refractivity contribution in [2.24, 2.45) is 0 Å². The van der Waals surface area contributed by atoms with Crippen molar-refractivity contribution in [3.8, 4) is 5.75 Å². The topological polar surface area (TPSA) is 41.9 Å². The van der Waals surface area contributed by atoms with Crippen LogP contribution in [0.1, 0.15) is 30.1 Å². The monoisotopic (exact) mass is 371 g/mol.